The van der Waals surface area contributed by atoms with E-state index in [9.17, 15) is 0 Å². The summed E-state index contributed by atoms with van der Waals surface area (Å²) in [6.07, 6.45) is 6.81. The first kappa shape index (κ1) is 33.6. The molecule has 6 aromatic rings. The fourth-order valence-electron chi connectivity index (χ4n) is 4.94. The van der Waals surface area contributed by atoms with Gasteiger partial charge in [0.1, 0.15) is 37.8 Å². The molecule has 50 heavy (non-hydrogen) atoms. The molecule has 6 rings (SSSR count). The minimum Gasteiger partial charge on any atom is -0.485 e. The van der Waals surface area contributed by atoms with Crippen LogP contribution in [0.4, 0.5) is 0 Å². The van der Waals surface area contributed by atoms with Gasteiger partial charge < -0.3 is 18.9 Å². The van der Waals surface area contributed by atoms with Crippen LogP contribution >= 0.6 is 0 Å². The van der Waals surface area contributed by atoms with Gasteiger partial charge in [0, 0.05) is 24.5 Å². The standard InChI is InChI=1S/C42H38N4O4/c1-5-13-33(14-6-1)29-47-39-21-23-45-37(41(39)49-31-35-17-9-3-10-18-35)27-43-25-26-44-28-38-42(50-32-36-19-11-4-12-20-36)40(22-24-46-38)48-30-34-15-7-2-8-16-34/h1-24,27-28H,25-26,29-32H2/b43-27-,44-28-. The largest absolute Gasteiger partial charge is 0.485 e. The summed E-state index contributed by atoms with van der Waals surface area (Å²) in [7, 11) is 0. The van der Waals surface area contributed by atoms with Crippen molar-refractivity contribution in [2.75, 3.05) is 13.1 Å². The summed E-state index contributed by atoms with van der Waals surface area (Å²) < 4.78 is 24.9. The molecular formula is C42H38N4O4. The highest BCUT2D eigenvalue weighted by Crippen LogP contribution is 2.32. The maximum Gasteiger partial charge on any atom is 0.188 e. The van der Waals surface area contributed by atoms with Gasteiger partial charge in [-0.3, -0.25) is 20.0 Å². The number of pyridine rings is 2. The molecule has 0 aliphatic rings. The third-order valence-electron chi connectivity index (χ3n) is 7.50. The van der Waals surface area contributed by atoms with Crippen molar-refractivity contribution in [3.63, 3.8) is 0 Å². The van der Waals surface area contributed by atoms with Crippen LogP contribution in [-0.4, -0.2) is 35.5 Å². The Kier molecular flexibility index (Phi) is 12.3. The Hall–Kier alpha value is -6.28. The summed E-state index contributed by atoms with van der Waals surface area (Å²) in [6.45, 7) is 2.40. The quantitative estimate of drug-likeness (QED) is 0.0721. The van der Waals surface area contributed by atoms with Crippen molar-refractivity contribution in [3.8, 4) is 23.0 Å². The Morgan fingerprint density at radius 2 is 0.720 bits per heavy atom. The summed E-state index contributed by atoms with van der Waals surface area (Å²) in [5.41, 5.74) is 5.36. The second-order valence-corrected chi connectivity index (χ2v) is 11.2. The summed E-state index contributed by atoms with van der Waals surface area (Å²) in [6, 6.07) is 43.6. The monoisotopic (exact) mass is 662 g/mol. The van der Waals surface area contributed by atoms with Crippen LogP contribution in [0.15, 0.2) is 156 Å². The average molecular weight is 663 g/mol. The lowest BCUT2D eigenvalue weighted by molar-refractivity contribution is 0.254. The predicted octanol–water partition coefficient (Wildman–Crippen LogP) is 8.33. The highest BCUT2D eigenvalue weighted by atomic mass is 16.5. The van der Waals surface area contributed by atoms with Crippen molar-refractivity contribution in [1.82, 2.24) is 9.97 Å². The zero-order valence-electron chi connectivity index (χ0n) is 27.7. The fourth-order valence-corrected chi connectivity index (χ4v) is 4.94. The second-order valence-electron chi connectivity index (χ2n) is 11.2. The fraction of sp³-hybridized carbons (Fsp3) is 0.143. The van der Waals surface area contributed by atoms with Gasteiger partial charge in [-0.15, -0.1) is 0 Å². The number of nitrogens with zero attached hydrogens (tertiary/aromatic N) is 4. The molecule has 0 N–H and O–H groups in total. The zero-order valence-corrected chi connectivity index (χ0v) is 27.7. The number of benzene rings is 4. The molecule has 2 heterocycles. The smallest absolute Gasteiger partial charge is 0.188 e. The van der Waals surface area contributed by atoms with E-state index in [0.717, 1.165) is 22.3 Å². The Bertz CT molecular complexity index is 1810. The van der Waals surface area contributed by atoms with Crippen molar-refractivity contribution < 1.29 is 18.9 Å². The van der Waals surface area contributed by atoms with E-state index in [1.165, 1.54) is 0 Å². The molecule has 250 valence electrons. The minimum absolute atomic E-state index is 0.370. The number of aliphatic imine (C=N–C) groups is 2. The van der Waals surface area contributed by atoms with E-state index in [1.54, 1.807) is 24.8 Å². The molecule has 2 aromatic heterocycles. The van der Waals surface area contributed by atoms with Crippen LogP contribution in [0, 0.1) is 0 Å². The first-order chi connectivity index (χ1) is 24.8. The number of hydrogen-bond donors (Lipinski definition) is 0. The molecule has 8 nitrogen and oxygen atoms in total. The van der Waals surface area contributed by atoms with E-state index < -0.39 is 0 Å². The second kappa shape index (κ2) is 18.3. The number of rotatable bonds is 17. The molecule has 0 amide bonds. The third-order valence-corrected chi connectivity index (χ3v) is 7.50. The third kappa shape index (κ3) is 10.1. The predicted molar refractivity (Wildman–Crippen MR) is 196 cm³/mol. The van der Waals surface area contributed by atoms with Gasteiger partial charge in [-0.1, -0.05) is 121 Å². The van der Waals surface area contributed by atoms with Crippen LogP contribution in [0.25, 0.3) is 0 Å². The molecule has 0 spiro atoms. The van der Waals surface area contributed by atoms with Crippen LogP contribution in [0.3, 0.4) is 0 Å². The van der Waals surface area contributed by atoms with E-state index in [0.29, 0.717) is 73.9 Å². The highest BCUT2D eigenvalue weighted by molar-refractivity contribution is 5.83. The Balaban J connectivity index is 1.13. The maximum atomic E-state index is 6.26. The summed E-state index contributed by atoms with van der Waals surface area (Å²) in [4.78, 5) is 18.3. The lowest BCUT2D eigenvalue weighted by Crippen LogP contribution is -2.05. The molecule has 0 saturated carbocycles. The Morgan fingerprint density at radius 1 is 0.400 bits per heavy atom. The molecule has 0 atom stereocenters. The van der Waals surface area contributed by atoms with Gasteiger partial charge in [0.25, 0.3) is 0 Å². The molecule has 0 radical (unpaired) electrons. The minimum atomic E-state index is 0.370. The van der Waals surface area contributed by atoms with Crippen LogP contribution < -0.4 is 18.9 Å². The van der Waals surface area contributed by atoms with Crippen molar-refractivity contribution in [2.24, 2.45) is 9.98 Å². The molecule has 0 unspecified atom stereocenters. The Morgan fingerprint density at radius 3 is 1.06 bits per heavy atom. The molecule has 0 aliphatic carbocycles. The summed E-state index contributed by atoms with van der Waals surface area (Å²) in [5, 5.41) is 0. The van der Waals surface area contributed by atoms with Gasteiger partial charge in [-0.25, -0.2) is 0 Å². The van der Waals surface area contributed by atoms with E-state index in [-0.39, 0.29) is 0 Å². The molecule has 0 aliphatic heterocycles. The van der Waals surface area contributed by atoms with Crippen LogP contribution in [0.5, 0.6) is 23.0 Å². The van der Waals surface area contributed by atoms with Gasteiger partial charge in [0.15, 0.2) is 23.0 Å². The summed E-state index contributed by atoms with van der Waals surface area (Å²) in [5.74, 6) is 2.28. The first-order valence-corrected chi connectivity index (χ1v) is 16.5. The lowest BCUT2D eigenvalue weighted by Gasteiger charge is -2.15. The number of aromatic nitrogens is 2. The lowest BCUT2D eigenvalue weighted by atomic mass is 10.2. The van der Waals surface area contributed by atoms with Gasteiger partial charge in [-0.05, 0) is 22.3 Å². The van der Waals surface area contributed by atoms with Crippen LogP contribution in [0.1, 0.15) is 33.6 Å². The zero-order chi connectivity index (χ0) is 34.1. The molecule has 4 aromatic carbocycles. The van der Waals surface area contributed by atoms with Crippen molar-refractivity contribution in [1.29, 1.82) is 0 Å². The SMILES string of the molecule is C(=N/CC/N=C\c1nccc(OCc2ccccc2)c1OCc1ccccc1)/c1nccc(OCc2ccccc2)c1OCc1ccccc1. The first-order valence-electron chi connectivity index (χ1n) is 16.5. The van der Waals surface area contributed by atoms with E-state index >= 15 is 0 Å². The van der Waals surface area contributed by atoms with Crippen LogP contribution in [-0.2, 0) is 26.4 Å². The van der Waals surface area contributed by atoms with E-state index in [1.807, 2.05) is 133 Å². The normalized spacial score (nSPS) is 11.1. The maximum absolute atomic E-state index is 6.26. The molecule has 0 bridgehead atoms. The van der Waals surface area contributed by atoms with Crippen molar-refractivity contribution in [3.05, 3.63) is 179 Å². The topological polar surface area (TPSA) is 87.4 Å². The van der Waals surface area contributed by atoms with Crippen molar-refractivity contribution in [2.45, 2.75) is 26.4 Å². The number of hydrogen-bond acceptors (Lipinski definition) is 8. The average Bonchev–Trinajstić information content (AvgIpc) is 3.18. The summed E-state index contributed by atoms with van der Waals surface area (Å²) >= 11 is 0. The van der Waals surface area contributed by atoms with E-state index in [2.05, 4.69) is 20.0 Å². The van der Waals surface area contributed by atoms with Crippen LogP contribution in [0.2, 0.25) is 0 Å². The molecule has 0 fully saturated rings. The highest BCUT2D eigenvalue weighted by Gasteiger charge is 2.14. The molecule has 0 saturated heterocycles. The molecule has 8 heteroatoms. The van der Waals surface area contributed by atoms with E-state index in [4.69, 9.17) is 18.9 Å². The molecular weight excluding hydrogens is 624 g/mol. The van der Waals surface area contributed by atoms with Crippen molar-refractivity contribution >= 4 is 12.4 Å². The van der Waals surface area contributed by atoms with Gasteiger partial charge in [0.05, 0.1) is 25.5 Å². The van der Waals surface area contributed by atoms with Gasteiger partial charge in [-0.2, -0.15) is 0 Å². The number of ether oxygens (including phenoxy) is 4. The van der Waals surface area contributed by atoms with Gasteiger partial charge in [0.2, 0.25) is 0 Å². The Labute approximate surface area is 292 Å². The van der Waals surface area contributed by atoms with Gasteiger partial charge >= 0.3 is 0 Å².